The van der Waals surface area contributed by atoms with Gasteiger partial charge in [0.05, 0.1) is 23.8 Å². The molecule has 2 aliphatic rings. The standard InChI is InChI=1S/C30H38N4O10/c1-14(2)10-21(26(39)33-27-23(31-15(3)36)25(38)24(37)22(13-35)44-27)32-20(30(42)43)8-9-34-28(40)18-11-16-6-4-5-7-17(16)12-19(18)29(34)41/h4-7,11-12,14,20-25,27,32,35,37-38H,8-10,13H2,1-3H3,(H,31,36)(H,33,39)(H,42,43)/t20-,21+,22-,23-,24-,25+,27?/m1/s1. The Morgan fingerprint density at radius 3 is 2.05 bits per heavy atom. The van der Waals surface area contributed by atoms with Crippen molar-refractivity contribution in [2.45, 2.75) is 76.3 Å². The molecule has 0 saturated carbocycles. The van der Waals surface area contributed by atoms with E-state index in [1.165, 1.54) is 6.92 Å². The fraction of sp³-hybridized carbons (Fsp3) is 0.500. The Balaban J connectivity index is 1.48. The molecular formula is C30H38N4O10. The number of hydrogen-bond donors (Lipinski definition) is 7. The van der Waals surface area contributed by atoms with Crippen molar-refractivity contribution in [3.05, 3.63) is 47.5 Å². The van der Waals surface area contributed by atoms with Crippen LogP contribution < -0.4 is 16.0 Å². The third-order valence-electron chi connectivity index (χ3n) is 7.78. The van der Waals surface area contributed by atoms with Crippen LogP contribution in [0.2, 0.25) is 0 Å². The van der Waals surface area contributed by atoms with E-state index >= 15 is 0 Å². The van der Waals surface area contributed by atoms with Crippen LogP contribution in [0.3, 0.4) is 0 Å². The summed E-state index contributed by atoms with van der Waals surface area (Å²) in [4.78, 5) is 64.7. The number of aliphatic hydroxyl groups excluding tert-OH is 3. The average molecular weight is 615 g/mol. The predicted molar refractivity (Wildman–Crippen MR) is 155 cm³/mol. The average Bonchev–Trinajstić information content (AvgIpc) is 3.20. The van der Waals surface area contributed by atoms with Gasteiger partial charge < -0.3 is 35.8 Å². The molecule has 0 aliphatic carbocycles. The van der Waals surface area contributed by atoms with Crippen LogP contribution in [-0.2, 0) is 19.1 Å². The van der Waals surface area contributed by atoms with Crippen LogP contribution in [0, 0.1) is 5.92 Å². The second kappa shape index (κ2) is 13.8. The Kier molecular flexibility index (Phi) is 10.3. The van der Waals surface area contributed by atoms with E-state index in [-0.39, 0.29) is 36.4 Å². The Morgan fingerprint density at radius 1 is 0.955 bits per heavy atom. The van der Waals surface area contributed by atoms with Crippen molar-refractivity contribution in [2.75, 3.05) is 13.2 Å². The Morgan fingerprint density at radius 2 is 1.55 bits per heavy atom. The number of hydrogen-bond acceptors (Lipinski definition) is 10. The lowest BCUT2D eigenvalue weighted by atomic mass is 9.95. The van der Waals surface area contributed by atoms with Gasteiger partial charge in [0, 0.05) is 13.5 Å². The summed E-state index contributed by atoms with van der Waals surface area (Å²) in [6.45, 7) is 3.91. The molecule has 0 aromatic heterocycles. The zero-order valence-corrected chi connectivity index (χ0v) is 24.6. The number of carboxylic acids is 1. The second-order valence-corrected chi connectivity index (χ2v) is 11.5. The molecule has 7 N–H and O–H groups in total. The Hall–Kier alpha value is -3.95. The summed E-state index contributed by atoms with van der Waals surface area (Å²) < 4.78 is 5.58. The number of carbonyl (C=O) groups excluding carboxylic acids is 4. The number of benzene rings is 2. The fourth-order valence-corrected chi connectivity index (χ4v) is 5.56. The summed E-state index contributed by atoms with van der Waals surface area (Å²) in [6, 6.07) is 6.84. The van der Waals surface area contributed by atoms with E-state index in [4.69, 9.17) is 4.74 Å². The first-order chi connectivity index (χ1) is 20.8. The highest BCUT2D eigenvalue weighted by Gasteiger charge is 2.46. The highest BCUT2D eigenvalue weighted by Crippen LogP contribution is 2.28. The van der Waals surface area contributed by atoms with Gasteiger partial charge in [-0.3, -0.25) is 34.2 Å². The van der Waals surface area contributed by atoms with Crippen LogP contribution in [0.1, 0.15) is 54.3 Å². The predicted octanol–water partition coefficient (Wildman–Crippen LogP) is -0.657. The van der Waals surface area contributed by atoms with Crippen molar-refractivity contribution in [3.63, 3.8) is 0 Å². The molecule has 2 aromatic carbocycles. The largest absolute Gasteiger partial charge is 0.480 e. The molecule has 0 bridgehead atoms. The van der Waals surface area contributed by atoms with Gasteiger partial charge in [-0.25, -0.2) is 0 Å². The maximum atomic E-state index is 13.5. The van der Waals surface area contributed by atoms with Crippen LogP contribution in [0.4, 0.5) is 0 Å². The molecule has 238 valence electrons. The first-order valence-corrected chi connectivity index (χ1v) is 14.4. The van der Waals surface area contributed by atoms with Crippen molar-refractivity contribution in [1.82, 2.24) is 20.9 Å². The van der Waals surface area contributed by atoms with Crippen molar-refractivity contribution in [1.29, 1.82) is 0 Å². The molecule has 1 fully saturated rings. The van der Waals surface area contributed by atoms with E-state index in [1.54, 1.807) is 12.1 Å². The lowest BCUT2D eigenvalue weighted by Gasteiger charge is -2.43. The first-order valence-electron chi connectivity index (χ1n) is 14.4. The van der Waals surface area contributed by atoms with Gasteiger partial charge in [0.1, 0.15) is 30.4 Å². The molecule has 2 heterocycles. The number of nitrogens with one attached hydrogen (secondary N) is 3. The molecular weight excluding hydrogens is 576 g/mol. The van der Waals surface area contributed by atoms with E-state index in [2.05, 4.69) is 16.0 Å². The molecule has 0 radical (unpaired) electrons. The number of nitrogens with zero attached hydrogens (tertiary/aromatic N) is 1. The van der Waals surface area contributed by atoms with E-state index in [0.717, 1.165) is 15.7 Å². The summed E-state index contributed by atoms with van der Waals surface area (Å²) in [5.74, 6) is -3.76. The number of rotatable bonds is 12. The number of imide groups is 1. The molecule has 7 atom stereocenters. The van der Waals surface area contributed by atoms with Gasteiger partial charge in [-0.15, -0.1) is 0 Å². The monoisotopic (exact) mass is 614 g/mol. The van der Waals surface area contributed by atoms with Crippen LogP contribution in [0.5, 0.6) is 0 Å². The summed E-state index contributed by atoms with van der Waals surface area (Å²) in [7, 11) is 0. The number of amides is 4. The van der Waals surface area contributed by atoms with E-state index < -0.39 is 78.9 Å². The molecule has 4 amide bonds. The SMILES string of the molecule is CC(=O)N[C@H]1C(NC(=O)[C@H](CC(C)C)N[C@H](CCN2C(=O)c3cc4ccccc4cc3C2=O)C(=O)O)O[C@H](CO)[C@@H](O)[C@H]1O. The van der Waals surface area contributed by atoms with Crippen LogP contribution >= 0.6 is 0 Å². The molecule has 1 unspecified atom stereocenters. The number of aliphatic hydroxyl groups is 3. The van der Waals surface area contributed by atoms with E-state index in [1.807, 2.05) is 38.1 Å². The molecule has 4 rings (SSSR count). The molecule has 1 saturated heterocycles. The fourth-order valence-electron chi connectivity index (χ4n) is 5.56. The minimum atomic E-state index is -1.59. The summed E-state index contributed by atoms with van der Waals surface area (Å²) in [6.07, 6.45) is -5.80. The quantitative estimate of drug-likeness (QED) is 0.149. The number of carbonyl (C=O) groups is 5. The maximum Gasteiger partial charge on any atom is 0.320 e. The normalized spacial score (nSPS) is 24.7. The molecule has 2 aliphatic heterocycles. The summed E-state index contributed by atoms with van der Waals surface area (Å²) in [5.41, 5.74) is 0.473. The summed E-state index contributed by atoms with van der Waals surface area (Å²) in [5, 5.41) is 49.7. The highest BCUT2D eigenvalue weighted by atomic mass is 16.5. The van der Waals surface area contributed by atoms with Crippen LogP contribution in [0.25, 0.3) is 10.8 Å². The van der Waals surface area contributed by atoms with Crippen molar-refractivity contribution >= 4 is 40.4 Å². The number of carboxylic acid groups (broad SMARTS) is 1. The lowest BCUT2D eigenvalue weighted by molar-refractivity contribution is -0.203. The highest BCUT2D eigenvalue weighted by molar-refractivity contribution is 6.23. The Labute approximate surface area is 253 Å². The van der Waals surface area contributed by atoms with Gasteiger partial charge in [-0.2, -0.15) is 0 Å². The minimum Gasteiger partial charge on any atom is -0.480 e. The van der Waals surface area contributed by atoms with Gasteiger partial charge in [-0.05, 0) is 41.7 Å². The zero-order chi connectivity index (χ0) is 32.3. The van der Waals surface area contributed by atoms with Crippen molar-refractivity contribution in [3.8, 4) is 0 Å². The van der Waals surface area contributed by atoms with Crippen molar-refractivity contribution in [2.24, 2.45) is 5.92 Å². The van der Waals surface area contributed by atoms with Crippen molar-refractivity contribution < 1.29 is 49.1 Å². The molecule has 14 nitrogen and oxygen atoms in total. The van der Waals surface area contributed by atoms with Crippen LogP contribution in [0.15, 0.2) is 36.4 Å². The van der Waals surface area contributed by atoms with Gasteiger partial charge in [-0.1, -0.05) is 38.1 Å². The smallest absolute Gasteiger partial charge is 0.320 e. The minimum absolute atomic E-state index is 0.0888. The van der Waals surface area contributed by atoms with Gasteiger partial charge in [0.2, 0.25) is 11.8 Å². The first kappa shape index (κ1) is 33.0. The topological polar surface area (TPSA) is 215 Å². The molecule has 14 heteroatoms. The van der Waals surface area contributed by atoms with Gasteiger partial charge >= 0.3 is 5.97 Å². The molecule has 0 spiro atoms. The molecule has 44 heavy (non-hydrogen) atoms. The number of ether oxygens (including phenoxy) is 1. The number of aliphatic carboxylic acids is 1. The maximum absolute atomic E-state index is 13.5. The van der Waals surface area contributed by atoms with Gasteiger partial charge in [0.25, 0.3) is 11.8 Å². The third kappa shape index (κ3) is 7.05. The molecule has 2 aromatic rings. The van der Waals surface area contributed by atoms with Crippen LogP contribution in [-0.4, -0.2) is 111 Å². The van der Waals surface area contributed by atoms with E-state index in [9.17, 15) is 44.4 Å². The second-order valence-electron chi connectivity index (χ2n) is 11.5. The van der Waals surface area contributed by atoms with E-state index in [0.29, 0.717) is 0 Å². The summed E-state index contributed by atoms with van der Waals surface area (Å²) >= 11 is 0. The third-order valence-corrected chi connectivity index (χ3v) is 7.78. The zero-order valence-electron chi connectivity index (χ0n) is 24.6. The van der Waals surface area contributed by atoms with Gasteiger partial charge in [0.15, 0.2) is 6.23 Å². The lowest BCUT2D eigenvalue weighted by Crippen LogP contribution is -2.69. The number of fused-ring (bicyclic) bond motifs is 2. The Bertz CT molecular complexity index is 1380.